The van der Waals surface area contributed by atoms with Crippen molar-refractivity contribution in [2.24, 2.45) is 0 Å². The summed E-state index contributed by atoms with van der Waals surface area (Å²) in [6, 6.07) is 6.27. The fourth-order valence-electron chi connectivity index (χ4n) is 1.98. The number of hydrogen-bond donors (Lipinski definition) is 0. The molecule has 0 spiro atoms. The summed E-state index contributed by atoms with van der Waals surface area (Å²) in [6.45, 7) is 5.45. The van der Waals surface area contributed by atoms with Crippen molar-refractivity contribution in [2.75, 3.05) is 13.7 Å². The standard InChI is InChI=1S/C13H17ClN2O/c1-9-4-5-12-11(8-9)15-13(10(2)14)16(12)6-7-17-3/h4-5,8,10H,6-7H2,1-3H3. The van der Waals surface area contributed by atoms with E-state index in [0.29, 0.717) is 6.61 Å². The highest BCUT2D eigenvalue weighted by Gasteiger charge is 2.14. The van der Waals surface area contributed by atoms with Gasteiger partial charge in [-0.15, -0.1) is 11.6 Å². The SMILES string of the molecule is COCCn1c(C(C)Cl)nc2cc(C)ccc21. The highest BCUT2D eigenvalue weighted by atomic mass is 35.5. The predicted octanol–water partition coefficient (Wildman–Crippen LogP) is 3.29. The first-order chi connectivity index (χ1) is 8.13. The van der Waals surface area contributed by atoms with Crippen LogP contribution < -0.4 is 0 Å². The Morgan fingerprint density at radius 3 is 2.88 bits per heavy atom. The Bertz CT molecular complexity index is 519. The average molecular weight is 253 g/mol. The number of aryl methyl sites for hydroxylation is 1. The Morgan fingerprint density at radius 1 is 1.47 bits per heavy atom. The van der Waals surface area contributed by atoms with Crippen LogP contribution in [0.2, 0.25) is 0 Å². The van der Waals surface area contributed by atoms with Gasteiger partial charge in [0.1, 0.15) is 5.82 Å². The number of aromatic nitrogens is 2. The van der Waals surface area contributed by atoms with Crippen LogP contribution in [0.1, 0.15) is 23.7 Å². The highest BCUT2D eigenvalue weighted by Crippen LogP contribution is 2.25. The van der Waals surface area contributed by atoms with Gasteiger partial charge in [-0.05, 0) is 31.5 Å². The van der Waals surface area contributed by atoms with Crippen molar-refractivity contribution in [1.29, 1.82) is 0 Å². The van der Waals surface area contributed by atoms with Crippen molar-refractivity contribution in [1.82, 2.24) is 9.55 Å². The van der Waals surface area contributed by atoms with Crippen molar-refractivity contribution < 1.29 is 4.74 Å². The monoisotopic (exact) mass is 252 g/mol. The van der Waals surface area contributed by atoms with Crippen LogP contribution in [0.25, 0.3) is 11.0 Å². The minimum absolute atomic E-state index is 0.0976. The minimum atomic E-state index is -0.0976. The lowest BCUT2D eigenvalue weighted by molar-refractivity contribution is 0.187. The summed E-state index contributed by atoms with van der Waals surface area (Å²) < 4.78 is 7.27. The van der Waals surface area contributed by atoms with Gasteiger partial charge in [0.05, 0.1) is 23.0 Å². The lowest BCUT2D eigenvalue weighted by Crippen LogP contribution is -2.08. The molecule has 2 rings (SSSR count). The maximum Gasteiger partial charge on any atom is 0.127 e. The van der Waals surface area contributed by atoms with Gasteiger partial charge < -0.3 is 9.30 Å². The van der Waals surface area contributed by atoms with Gasteiger partial charge in [0, 0.05) is 13.7 Å². The third kappa shape index (κ3) is 2.45. The van der Waals surface area contributed by atoms with Crippen LogP contribution in [0.4, 0.5) is 0 Å². The van der Waals surface area contributed by atoms with Crippen LogP contribution >= 0.6 is 11.6 Å². The number of benzene rings is 1. The molecule has 1 aromatic heterocycles. The molecule has 0 N–H and O–H groups in total. The maximum absolute atomic E-state index is 6.17. The lowest BCUT2D eigenvalue weighted by atomic mass is 10.2. The van der Waals surface area contributed by atoms with E-state index in [0.717, 1.165) is 23.4 Å². The molecular formula is C13H17ClN2O. The second-order valence-corrected chi connectivity index (χ2v) is 4.88. The molecule has 4 heteroatoms. The van der Waals surface area contributed by atoms with Crippen molar-refractivity contribution in [2.45, 2.75) is 25.8 Å². The summed E-state index contributed by atoms with van der Waals surface area (Å²) in [5.41, 5.74) is 3.33. The molecule has 0 fully saturated rings. The van der Waals surface area contributed by atoms with Gasteiger partial charge in [0.2, 0.25) is 0 Å². The quantitative estimate of drug-likeness (QED) is 0.781. The van der Waals surface area contributed by atoms with E-state index in [1.165, 1.54) is 5.56 Å². The largest absolute Gasteiger partial charge is 0.383 e. The molecule has 92 valence electrons. The van der Waals surface area contributed by atoms with Gasteiger partial charge in [-0.1, -0.05) is 6.07 Å². The Kier molecular flexibility index (Phi) is 3.69. The van der Waals surface area contributed by atoms with Crippen LogP contribution in [-0.2, 0) is 11.3 Å². The molecule has 1 heterocycles. The Morgan fingerprint density at radius 2 is 2.24 bits per heavy atom. The van der Waals surface area contributed by atoms with Gasteiger partial charge in [-0.25, -0.2) is 4.98 Å². The second-order valence-electron chi connectivity index (χ2n) is 4.22. The first-order valence-electron chi connectivity index (χ1n) is 5.73. The maximum atomic E-state index is 6.17. The zero-order chi connectivity index (χ0) is 12.4. The van der Waals surface area contributed by atoms with Gasteiger partial charge >= 0.3 is 0 Å². The molecule has 0 bridgehead atoms. The van der Waals surface area contributed by atoms with E-state index in [9.17, 15) is 0 Å². The summed E-state index contributed by atoms with van der Waals surface area (Å²) in [6.07, 6.45) is 0. The average Bonchev–Trinajstić information content (AvgIpc) is 2.64. The number of nitrogens with zero attached hydrogens (tertiary/aromatic N) is 2. The van der Waals surface area contributed by atoms with E-state index in [1.54, 1.807) is 7.11 Å². The normalized spacial score (nSPS) is 13.2. The summed E-state index contributed by atoms with van der Waals surface area (Å²) in [5, 5.41) is -0.0976. The number of fused-ring (bicyclic) bond motifs is 1. The molecular weight excluding hydrogens is 236 g/mol. The van der Waals surface area contributed by atoms with Crippen LogP contribution in [-0.4, -0.2) is 23.3 Å². The Balaban J connectivity index is 2.54. The number of rotatable bonds is 4. The van der Waals surface area contributed by atoms with Crippen LogP contribution in [0.3, 0.4) is 0 Å². The van der Waals surface area contributed by atoms with Gasteiger partial charge in [-0.2, -0.15) is 0 Å². The molecule has 2 aromatic rings. The van der Waals surface area contributed by atoms with E-state index in [2.05, 4.69) is 34.7 Å². The van der Waals surface area contributed by atoms with E-state index in [1.807, 2.05) is 6.92 Å². The van der Waals surface area contributed by atoms with Crippen molar-refractivity contribution in [3.63, 3.8) is 0 Å². The van der Waals surface area contributed by atoms with Crippen LogP contribution in [0.5, 0.6) is 0 Å². The predicted molar refractivity (Wildman–Crippen MR) is 70.6 cm³/mol. The number of halogens is 1. The lowest BCUT2D eigenvalue weighted by Gasteiger charge is -2.09. The number of alkyl halides is 1. The summed E-state index contributed by atoms with van der Waals surface area (Å²) in [5.74, 6) is 0.907. The zero-order valence-electron chi connectivity index (χ0n) is 10.4. The fraction of sp³-hybridized carbons (Fsp3) is 0.462. The van der Waals surface area contributed by atoms with E-state index < -0.39 is 0 Å². The van der Waals surface area contributed by atoms with Crippen molar-refractivity contribution in [3.05, 3.63) is 29.6 Å². The zero-order valence-corrected chi connectivity index (χ0v) is 11.2. The molecule has 0 radical (unpaired) electrons. The molecule has 1 aromatic carbocycles. The smallest absolute Gasteiger partial charge is 0.127 e. The Labute approximate surface area is 106 Å². The third-order valence-corrected chi connectivity index (χ3v) is 3.00. The molecule has 0 saturated carbocycles. The van der Waals surface area contributed by atoms with Crippen molar-refractivity contribution in [3.8, 4) is 0 Å². The number of hydrogen-bond acceptors (Lipinski definition) is 2. The van der Waals surface area contributed by atoms with Crippen molar-refractivity contribution >= 4 is 22.6 Å². The fourth-order valence-corrected chi connectivity index (χ4v) is 2.15. The number of imidazole rings is 1. The number of ether oxygens (including phenoxy) is 1. The molecule has 0 aliphatic rings. The van der Waals surface area contributed by atoms with Crippen LogP contribution in [0, 0.1) is 6.92 Å². The Hall–Kier alpha value is -1.06. The third-order valence-electron chi connectivity index (χ3n) is 2.81. The summed E-state index contributed by atoms with van der Waals surface area (Å²) in [7, 11) is 1.70. The van der Waals surface area contributed by atoms with Gasteiger partial charge in [-0.3, -0.25) is 0 Å². The van der Waals surface area contributed by atoms with Crippen LogP contribution in [0.15, 0.2) is 18.2 Å². The second kappa shape index (κ2) is 5.07. The summed E-state index contributed by atoms with van der Waals surface area (Å²) in [4.78, 5) is 4.60. The highest BCUT2D eigenvalue weighted by molar-refractivity contribution is 6.20. The molecule has 17 heavy (non-hydrogen) atoms. The topological polar surface area (TPSA) is 27.1 Å². The number of methoxy groups -OCH3 is 1. The molecule has 0 saturated heterocycles. The molecule has 0 aliphatic heterocycles. The van der Waals surface area contributed by atoms with E-state index in [-0.39, 0.29) is 5.38 Å². The van der Waals surface area contributed by atoms with E-state index in [4.69, 9.17) is 16.3 Å². The first-order valence-corrected chi connectivity index (χ1v) is 6.17. The molecule has 3 nitrogen and oxygen atoms in total. The molecule has 1 atom stereocenters. The van der Waals surface area contributed by atoms with Gasteiger partial charge in [0.15, 0.2) is 0 Å². The molecule has 0 amide bonds. The molecule has 1 unspecified atom stereocenters. The molecule has 0 aliphatic carbocycles. The van der Waals surface area contributed by atoms with Gasteiger partial charge in [0.25, 0.3) is 0 Å². The summed E-state index contributed by atoms with van der Waals surface area (Å²) >= 11 is 6.17. The minimum Gasteiger partial charge on any atom is -0.383 e. The first kappa shape index (κ1) is 12.4. The van der Waals surface area contributed by atoms with E-state index >= 15 is 0 Å².